The van der Waals surface area contributed by atoms with Crippen LogP contribution in [0.2, 0.25) is 0 Å². The highest BCUT2D eigenvalue weighted by Gasteiger charge is 2.30. The van der Waals surface area contributed by atoms with Gasteiger partial charge in [0.25, 0.3) is 0 Å². The molecule has 0 atom stereocenters. The Morgan fingerprint density at radius 1 is 0.931 bits per heavy atom. The number of nitrogens with two attached hydrogens (primary N) is 1. The van der Waals surface area contributed by atoms with Gasteiger partial charge in [-0.3, -0.25) is 4.98 Å². The van der Waals surface area contributed by atoms with Crippen LogP contribution >= 0.6 is 0 Å². The summed E-state index contributed by atoms with van der Waals surface area (Å²) in [4.78, 5) is 8.93. The van der Waals surface area contributed by atoms with Gasteiger partial charge in [0.1, 0.15) is 11.3 Å². The molecule has 2 aromatic carbocycles. The van der Waals surface area contributed by atoms with Gasteiger partial charge >= 0.3 is 6.36 Å². The van der Waals surface area contributed by atoms with Crippen molar-refractivity contribution in [2.75, 3.05) is 5.73 Å². The van der Waals surface area contributed by atoms with Crippen molar-refractivity contribution in [2.24, 2.45) is 0 Å². The number of anilines is 1. The maximum atomic E-state index is 12.3. The molecule has 4 rings (SSSR count). The van der Waals surface area contributed by atoms with Crippen molar-refractivity contribution in [2.45, 2.75) is 26.1 Å². The lowest BCUT2D eigenvalue weighted by Gasteiger charge is -2.10. The zero-order valence-corrected chi connectivity index (χ0v) is 15.6. The van der Waals surface area contributed by atoms with Crippen LogP contribution in [0.4, 0.5) is 19.0 Å². The van der Waals surface area contributed by atoms with E-state index in [1.807, 2.05) is 25.1 Å². The average molecular weight is 397 g/mol. The van der Waals surface area contributed by atoms with Crippen LogP contribution in [-0.4, -0.2) is 16.3 Å². The van der Waals surface area contributed by atoms with Crippen LogP contribution in [0.3, 0.4) is 0 Å². The van der Waals surface area contributed by atoms with Crippen molar-refractivity contribution in [3.05, 3.63) is 71.4 Å². The Bertz CT molecular complexity index is 1190. The summed E-state index contributed by atoms with van der Waals surface area (Å²) in [5.41, 5.74) is 10.6. The van der Waals surface area contributed by atoms with E-state index in [0.29, 0.717) is 24.2 Å². The molecule has 0 spiro atoms. The van der Waals surface area contributed by atoms with Gasteiger partial charge < -0.3 is 10.5 Å². The molecule has 0 saturated heterocycles. The minimum Gasteiger partial charge on any atom is -0.406 e. The number of alkyl halides is 3. The lowest BCUT2D eigenvalue weighted by atomic mass is 10.0. The summed E-state index contributed by atoms with van der Waals surface area (Å²) in [7, 11) is 0. The van der Waals surface area contributed by atoms with E-state index in [0.717, 1.165) is 33.0 Å². The first-order valence-electron chi connectivity index (χ1n) is 9.08. The average Bonchev–Trinajstić information content (AvgIpc) is 2.66. The SMILES string of the molecule is Cc1ccc2c(c1)nc(N)c1ncc(CCc3ccc(OC(F)(F)F)cc3)cc12. The highest BCUT2D eigenvalue weighted by atomic mass is 19.4. The van der Waals surface area contributed by atoms with Gasteiger partial charge in [0.05, 0.1) is 5.52 Å². The Morgan fingerprint density at radius 3 is 2.38 bits per heavy atom. The molecule has 2 aromatic heterocycles. The molecule has 0 unspecified atom stereocenters. The zero-order valence-electron chi connectivity index (χ0n) is 15.6. The number of nitrogens with zero attached hydrogens (tertiary/aromatic N) is 2. The normalized spacial score (nSPS) is 11.9. The topological polar surface area (TPSA) is 61.0 Å². The number of hydrogen-bond donors (Lipinski definition) is 1. The van der Waals surface area contributed by atoms with Gasteiger partial charge in [-0.1, -0.05) is 24.3 Å². The maximum absolute atomic E-state index is 12.3. The minimum absolute atomic E-state index is 0.224. The predicted molar refractivity (Wildman–Crippen MR) is 107 cm³/mol. The molecular formula is C22H18F3N3O. The number of aryl methyl sites for hydroxylation is 3. The van der Waals surface area contributed by atoms with Gasteiger partial charge in [0.2, 0.25) is 0 Å². The summed E-state index contributed by atoms with van der Waals surface area (Å²) in [5.74, 6) is 0.170. The smallest absolute Gasteiger partial charge is 0.406 e. The third-order valence-corrected chi connectivity index (χ3v) is 4.73. The monoisotopic (exact) mass is 397 g/mol. The van der Waals surface area contributed by atoms with Crippen molar-refractivity contribution < 1.29 is 17.9 Å². The second-order valence-corrected chi connectivity index (χ2v) is 6.95. The summed E-state index contributed by atoms with van der Waals surface area (Å²) >= 11 is 0. The first-order valence-corrected chi connectivity index (χ1v) is 9.08. The Balaban J connectivity index is 1.58. The fraction of sp³-hybridized carbons (Fsp3) is 0.182. The number of aromatic nitrogens is 2. The lowest BCUT2D eigenvalue weighted by Crippen LogP contribution is -2.17. The molecule has 0 amide bonds. The second-order valence-electron chi connectivity index (χ2n) is 6.95. The highest BCUT2D eigenvalue weighted by molar-refractivity contribution is 6.08. The molecule has 7 heteroatoms. The second kappa shape index (κ2) is 7.24. The Labute approximate surface area is 165 Å². The van der Waals surface area contributed by atoms with Gasteiger partial charge in [0, 0.05) is 17.0 Å². The van der Waals surface area contributed by atoms with Crippen LogP contribution < -0.4 is 10.5 Å². The number of halogens is 3. The molecule has 0 radical (unpaired) electrons. The summed E-state index contributed by atoms with van der Waals surface area (Å²) in [6.07, 6.45) is -1.56. The van der Waals surface area contributed by atoms with Gasteiger partial charge in [-0.05, 0) is 60.7 Å². The Kier molecular flexibility index (Phi) is 4.74. The summed E-state index contributed by atoms with van der Waals surface area (Å²) in [5, 5.41) is 1.93. The minimum atomic E-state index is -4.68. The first kappa shape index (κ1) is 19.0. The summed E-state index contributed by atoms with van der Waals surface area (Å²) < 4.78 is 40.7. The van der Waals surface area contributed by atoms with Gasteiger partial charge in [0.15, 0.2) is 5.82 Å². The number of rotatable bonds is 4. The largest absolute Gasteiger partial charge is 0.573 e. The van der Waals surface area contributed by atoms with E-state index in [1.54, 1.807) is 18.3 Å². The number of ether oxygens (including phenoxy) is 1. The van der Waals surface area contributed by atoms with E-state index in [4.69, 9.17) is 5.73 Å². The fourth-order valence-electron chi connectivity index (χ4n) is 3.35. The molecule has 148 valence electrons. The van der Waals surface area contributed by atoms with Gasteiger partial charge in [-0.15, -0.1) is 13.2 Å². The first-order chi connectivity index (χ1) is 13.8. The molecule has 29 heavy (non-hydrogen) atoms. The third-order valence-electron chi connectivity index (χ3n) is 4.73. The Morgan fingerprint density at radius 2 is 1.66 bits per heavy atom. The lowest BCUT2D eigenvalue weighted by molar-refractivity contribution is -0.274. The van der Waals surface area contributed by atoms with Gasteiger partial charge in [-0.25, -0.2) is 4.98 Å². The number of pyridine rings is 2. The van der Waals surface area contributed by atoms with Crippen molar-refractivity contribution in [1.82, 2.24) is 9.97 Å². The molecule has 4 nitrogen and oxygen atoms in total. The summed E-state index contributed by atoms with van der Waals surface area (Å²) in [6.45, 7) is 2.00. The van der Waals surface area contributed by atoms with E-state index in [9.17, 15) is 13.2 Å². The number of nitrogen functional groups attached to an aromatic ring is 1. The van der Waals surface area contributed by atoms with Crippen molar-refractivity contribution in [3.8, 4) is 5.75 Å². The van der Waals surface area contributed by atoms with E-state index in [1.165, 1.54) is 12.1 Å². The molecule has 0 aliphatic carbocycles. The van der Waals surface area contributed by atoms with E-state index in [2.05, 4.69) is 20.8 Å². The Hall–Kier alpha value is -3.35. The van der Waals surface area contributed by atoms with Crippen molar-refractivity contribution >= 4 is 27.6 Å². The van der Waals surface area contributed by atoms with Crippen LogP contribution in [0.25, 0.3) is 21.8 Å². The van der Waals surface area contributed by atoms with E-state index in [-0.39, 0.29) is 5.75 Å². The highest BCUT2D eigenvalue weighted by Crippen LogP contribution is 2.28. The molecule has 2 heterocycles. The van der Waals surface area contributed by atoms with Crippen molar-refractivity contribution in [3.63, 3.8) is 0 Å². The predicted octanol–water partition coefficient (Wildman–Crippen LogP) is 5.36. The zero-order chi connectivity index (χ0) is 20.6. The van der Waals surface area contributed by atoms with E-state index < -0.39 is 6.36 Å². The van der Waals surface area contributed by atoms with E-state index >= 15 is 0 Å². The molecule has 0 aliphatic heterocycles. The maximum Gasteiger partial charge on any atom is 0.573 e. The number of fused-ring (bicyclic) bond motifs is 3. The van der Waals surface area contributed by atoms with Crippen LogP contribution in [0.1, 0.15) is 16.7 Å². The van der Waals surface area contributed by atoms with Crippen LogP contribution in [0, 0.1) is 6.92 Å². The summed E-state index contributed by atoms with van der Waals surface area (Å²) in [6, 6.07) is 14.0. The molecule has 0 aliphatic rings. The van der Waals surface area contributed by atoms with Crippen LogP contribution in [0.15, 0.2) is 54.7 Å². The van der Waals surface area contributed by atoms with Gasteiger partial charge in [-0.2, -0.15) is 0 Å². The number of benzene rings is 2. The molecule has 0 fully saturated rings. The molecule has 0 saturated carbocycles. The fourth-order valence-corrected chi connectivity index (χ4v) is 3.35. The molecule has 2 N–H and O–H groups in total. The quantitative estimate of drug-likeness (QED) is 0.471. The molecular weight excluding hydrogens is 379 g/mol. The third kappa shape index (κ3) is 4.23. The molecule has 4 aromatic rings. The van der Waals surface area contributed by atoms with Crippen LogP contribution in [-0.2, 0) is 12.8 Å². The standard InChI is InChI=1S/C22H18F3N3O/c1-13-2-9-17-18-11-15(12-27-20(18)21(26)28-19(17)10-13)4-3-14-5-7-16(8-6-14)29-22(23,24)25/h2,5-12H,3-4H2,1H3,(H2,26,28). The van der Waals surface area contributed by atoms with Crippen LogP contribution in [0.5, 0.6) is 5.75 Å². The molecule has 0 bridgehead atoms. The van der Waals surface area contributed by atoms with Crippen molar-refractivity contribution in [1.29, 1.82) is 0 Å². The number of hydrogen-bond acceptors (Lipinski definition) is 4.